The number of amides is 1. The second kappa shape index (κ2) is 7.48. The molecule has 0 radical (unpaired) electrons. The number of aromatic nitrogens is 2. The summed E-state index contributed by atoms with van der Waals surface area (Å²) >= 11 is 5.93. The highest BCUT2D eigenvalue weighted by Gasteiger charge is 2.03. The number of carbonyl (C=O) groups excluding carboxylic acids is 1. The summed E-state index contributed by atoms with van der Waals surface area (Å²) in [5.74, 6) is -0.210. The van der Waals surface area contributed by atoms with E-state index in [0.29, 0.717) is 10.7 Å². The molecular weight excluding hydrogens is 358 g/mol. The topological polar surface area (TPSA) is 57.8 Å². The number of rotatable bonds is 4. The number of H-pyrrole nitrogens is 1. The molecule has 0 aliphatic rings. The van der Waals surface area contributed by atoms with E-state index in [1.165, 1.54) is 6.08 Å². The highest BCUT2D eigenvalue weighted by Crippen LogP contribution is 2.23. The van der Waals surface area contributed by atoms with Gasteiger partial charge in [0, 0.05) is 40.1 Å². The summed E-state index contributed by atoms with van der Waals surface area (Å²) < 4.78 is 0. The fourth-order valence-electron chi connectivity index (χ4n) is 2.84. The molecule has 0 bridgehead atoms. The molecule has 0 aliphatic heterocycles. The summed E-state index contributed by atoms with van der Waals surface area (Å²) in [7, 11) is 0. The minimum absolute atomic E-state index is 0.210. The molecule has 2 N–H and O–H groups in total. The summed E-state index contributed by atoms with van der Waals surface area (Å²) in [4.78, 5) is 19.6. The molecule has 4 aromatic rings. The Bertz CT molecular complexity index is 1150. The normalized spacial score (nSPS) is 11.1. The number of fused-ring (bicyclic) bond motifs is 1. The van der Waals surface area contributed by atoms with E-state index in [0.717, 1.165) is 27.7 Å². The van der Waals surface area contributed by atoms with Crippen LogP contribution >= 0.6 is 11.6 Å². The van der Waals surface area contributed by atoms with Crippen LogP contribution in [0, 0.1) is 0 Å². The van der Waals surface area contributed by atoms with Crippen molar-refractivity contribution in [2.45, 2.75) is 0 Å². The maximum Gasteiger partial charge on any atom is 0.248 e. The van der Waals surface area contributed by atoms with Crippen LogP contribution in [-0.4, -0.2) is 15.9 Å². The molecule has 4 nitrogen and oxygen atoms in total. The van der Waals surface area contributed by atoms with Crippen molar-refractivity contribution in [2.75, 3.05) is 5.32 Å². The number of halogens is 1. The fourth-order valence-corrected chi connectivity index (χ4v) is 3.03. The average Bonchev–Trinajstić information content (AvgIpc) is 3.14. The van der Waals surface area contributed by atoms with E-state index in [4.69, 9.17) is 11.6 Å². The van der Waals surface area contributed by atoms with Gasteiger partial charge in [-0.25, -0.2) is 4.98 Å². The van der Waals surface area contributed by atoms with Gasteiger partial charge < -0.3 is 10.3 Å². The molecule has 2 aromatic heterocycles. The number of pyridine rings is 1. The zero-order valence-corrected chi connectivity index (χ0v) is 15.1. The van der Waals surface area contributed by atoms with Crippen LogP contribution in [0.5, 0.6) is 0 Å². The van der Waals surface area contributed by atoms with Gasteiger partial charge in [0.05, 0.1) is 0 Å². The minimum atomic E-state index is -0.210. The van der Waals surface area contributed by atoms with Crippen LogP contribution in [0.3, 0.4) is 0 Å². The van der Waals surface area contributed by atoms with Crippen LogP contribution in [0.4, 0.5) is 5.69 Å². The van der Waals surface area contributed by atoms with Crippen LogP contribution in [0.15, 0.2) is 79.1 Å². The Hall–Kier alpha value is -3.37. The van der Waals surface area contributed by atoms with Gasteiger partial charge in [-0.15, -0.1) is 0 Å². The van der Waals surface area contributed by atoms with Gasteiger partial charge in [0.1, 0.15) is 5.65 Å². The van der Waals surface area contributed by atoms with E-state index in [2.05, 4.69) is 21.4 Å². The molecule has 4 rings (SSSR count). The van der Waals surface area contributed by atoms with Crippen LogP contribution in [-0.2, 0) is 4.79 Å². The lowest BCUT2D eigenvalue weighted by molar-refractivity contribution is -0.111. The molecule has 0 saturated heterocycles. The third-order valence-electron chi connectivity index (χ3n) is 4.14. The fraction of sp³-hybridized carbons (Fsp3) is 0. The maximum atomic E-state index is 12.1. The number of nitrogens with one attached hydrogen (secondary N) is 2. The van der Waals surface area contributed by atoms with Crippen molar-refractivity contribution in [3.63, 3.8) is 0 Å². The minimum Gasteiger partial charge on any atom is -0.346 e. The number of aromatic amines is 1. The van der Waals surface area contributed by atoms with Crippen molar-refractivity contribution in [2.24, 2.45) is 0 Å². The van der Waals surface area contributed by atoms with Gasteiger partial charge in [0.2, 0.25) is 5.91 Å². The van der Waals surface area contributed by atoms with Crippen molar-refractivity contribution in [3.05, 3.63) is 89.7 Å². The first-order valence-electron chi connectivity index (χ1n) is 8.46. The lowest BCUT2D eigenvalue weighted by Gasteiger charge is -2.04. The first kappa shape index (κ1) is 17.1. The van der Waals surface area contributed by atoms with Crippen LogP contribution < -0.4 is 5.32 Å². The molecule has 27 heavy (non-hydrogen) atoms. The van der Waals surface area contributed by atoms with Gasteiger partial charge in [-0.1, -0.05) is 35.9 Å². The van der Waals surface area contributed by atoms with Crippen LogP contribution in [0.1, 0.15) is 5.56 Å². The van der Waals surface area contributed by atoms with Crippen LogP contribution in [0.2, 0.25) is 5.02 Å². The van der Waals surface area contributed by atoms with E-state index >= 15 is 0 Å². The average molecular weight is 374 g/mol. The van der Waals surface area contributed by atoms with Gasteiger partial charge in [0.25, 0.3) is 0 Å². The van der Waals surface area contributed by atoms with Crippen molar-refractivity contribution in [1.82, 2.24) is 9.97 Å². The molecule has 0 aliphatic carbocycles. The van der Waals surface area contributed by atoms with Crippen molar-refractivity contribution in [3.8, 4) is 11.1 Å². The van der Waals surface area contributed by atoms with Crippen molar-refractivity contribution in [1.29, 1.82) is 0 Å². The van der Waals surface area contributed by atoms with Crippen molar-refractivity contribution >= 4 is 40.3 Å². The number of anilines is 1. The number of hydrogen-bond acceptors (Lipinski definition) is 2. The Labute approximate surface area is 161 Å². The van der Waals surface area contributed by atoms with E-state index in [1.807, 2.05) is 42.7 Å². The second-order valence-electron chi connectivity index (χ2n) is 6.10. The number of benzene rings is 2. The lowest BCUT2D eigenvalue weighted by atomic mass is 10.0. The standard InChI is InChI=1S/C22H16ClN3O/c23-19-5-2-6-20(13-19)26-21(27)8-7-15-3-1-4-16(11-15)18-12-17-9-10-24-22(17)25-14-18/h1-14H,(H,24,25)(H,26,27). The maximum absolute atomic E-state index is 12.1. The molecule has 5 heteroatoms. The predicted molar refractivity (Wildman–Crippen MR) is 111 cm³/mol. The first-order chi connectivity index (χ1) is 13.2. The largest absolute Gasteiger partial charge is 0.346 e. The van der Waals surface area contributed by atoms with Gasteiger partial charge in [-0.05, 0) is 53.6 Å². The van der Waals surface area contributed by atoms with Gasteiger partial charge in [-0.3, -0.25) is 4.79 Å². The number of hydrogen-bond donors (Lipinski definition) is 2. The highest BCUT2D eigenvalue weighted by molar-refractivity contribution is 6.30. The predicted octanol–water partition coefficient (Wildman–Crippen LogP) is 5.54. The third-order valence-corrected chi connectivity index (χ3v) is 4.37. The monoisotopic (exact) mass is 373 g/mol. The second-order valence-corrected chi connectivity index (χ2v) is 6.53. The summed E-state index contributed by atoms with van der Waals surface area (Å²) in [6, 6.07) is 19.1. The van der Waals surface area contributed by atoms with Gasteiger partial charge in [0.15, 0.2) is 0 Å². The summed E-state index contributed by atoms with van der Waals surface area (Å²) in [6.45, 7) is 0. The van der Waals surface area contributed by atoms with E-state index in [-0.39, 0.29) is 5.91 Å². The molecule has 2 aromatic carbocycles. The summed E-state index contributed by atoms with van der Waals surface area (Å²) in [5, 5.41) is 4.44. The highest BCUT2D eigenvalue weighted by atomic mass is 35.5. The Kier molecular flexibility index (Phi) is 4.73. The smallest absolute Gasteiger partial charge is 0.248 e. The van der Waals surface area contributed by atoms with Crippen molar-refractivity contribution < 1.29 is 4.79 Å². The van der Waals surface area contributed by atoms with Gasteiger partial charge in [-0.2, -0.15) is 0 Å². The zero-order chi connectivity index (χ0) is 18.6. The molecule has 0 saturated carbocycles. The summed E-state index contributed by atoms with van der Waals surface area (Å²) in [6.07, 6.45) is 7.01. The molecular formula is C22H16ClN3O. The Morgan fingerprint density at radius 2 is 1.93 bits per heavy atom. The molecule has 0 atom stereocenters. The Morgan fingerprint density at radius 3 is 2.81 bits per heavy atom. The number of carbonyl (C=O) groups is 1. The lowest BCUT2D eigenvalue weighted by Crippen LogP contribution is -2.07. The molecule has 132 valence electrons. The van der Waals surface area contributed by atoms with Gasteiger partial charge >= 0.3 is 0 Å². The molecule has 2 heterocycles. The SMILES string of the molecule is O=C(C=Cc1cccc(-c2cnc3[nH]ccc3c2)c1)Nc1cccc(Cl)c1. The zero-order valence-electron chi connectivity index (χ0n) is 14.3. The first-order valence-corrected chi connectivity index (χ1v) is 8.83. The molecule has 0 unspecified atom stereocenters. The Balaban J connectivity index is 1.51. The third kappa shape index (κ3) is 4.07. The molecule has 0 spiro atoms. The van der Waals surface area contributed by atoms with Crippen LogP contribution in [0.25, 0.3) is 28.2 Å². The number of nitrogens with zero attached hydrogens (tertiary/aromatic N) is 1. The Morgan fingerprint density at radius 1 is 1.04 bits per heavy atom. The quantitative estimate of drug-likeness (QED) is 0.462. The molecule has 1 amide bonds. The summed E-state index contributed by atoms with van der Waals surface area (Å²) in [5.41, 5.74) is 4.54. The van der Waals surface area contributed by atoms with E-state index < -0.39 is 0 Å². The molecule has 0 fully saturated rings. The van der Waals surface area contributed by atoms with E-state index in [1.54, 1.807) is 30.3 Å². The van der Waals surface area contributed by atoms with E-state index in [9.17, 15) is 4.79 Å².